The molecule has 0 N–H and O–H groups in total. The maximum atomic E-state index is 2.24. The molecule has 0 saturated heterocycles. The summed E-state index contributed by atoms with van der Waals surface area (Å²) in [5.41, 5.74) is 1.41. The lowest BCUT2D eigenvalue weighted by Gasteiger charge is -2.07. The Balaban J connectivity index is 0.000000171. The van der Waals surface area contributed by atoms with Gasteiger partial charge in [0, 0.05) is 0 Å². The second-order valence-electron chi connectivity index (χ2n) is 5.16. The first-order chi connectivity index (χ1) is 8.11. The average Bonchev–Trinajstić information content (AvgIpc) is 2.84. The Labute approximate surface area is 106 Å². The summed E-state index contributed by atoms with van der Waals surface area (Å²) in [7, 11) is 0. The lowest BCUT2D eigenvalue weighted by Crippen LogP contribution is -1.98. The molecule has 0 radical (unpaired) electrons. The summed E-state index contributed by atoms with van der Waals surface area (Å²) in [6.07, 6.45) is 8.71. The zero-order valence-corrected chi connectivity index (χ0v) is 11.4. The number of benzene rings is 1. The van der Waals surface area contributed by atoms with Gasteiger partial charge in [0.05, 0.1) is 0 Å². The third-order valence-corrected chi connectivity index (χ3v) is 3.01. The van der Waals surface area contributed by atoms with E-state index in [1.807, 2.05) is 6.07 Å². The van der Waals surface area contributed by atoms with Crippen LogP contribution in [0.5, 0.6) is 0 Å². The van der Waals surface area contributed by atoms with Crippen LogP contribution in [0, 0.1) is 11.8 Å². The molecule has 0 saturated carbocycles. The summed E-state index contributed by atoms with van der Waals surface area (Å²) in [5, 5.41) is 0. The van der Waals surface area contributed by atoms with Gasteiger partial charge in [-0.1, -0.05) is 82.3 Å². The van der Waals surface area contributed by atoms with Gasteiger partial charge in [-0.15, -0.1) is 0 Å². The molecule has 1 aromatic rings. The van der Waals surface area contributed by atoms with Crippen LogP contribution in [0.3, 0.4) is 0 Å². The highest BCUT2D eigenvalue weighted by atomic mass is 14.1. The number of rotatable bonds is 2. The van der Waals surface area contributed by atoms with Crippen molar-refractivity contribution in [2.24, 2.45) is 11.8 Å². The Morgan fingerprint density at radius 1 is 0.824 bits per heavy atom. The van der Waals surface area contributed by atoms with Crippen molar-refractivity contribution in [3.05, 3.63) is 60.2 Å². The molecule has 2 rings (SSSR count). The van der Waals surface area contributed by atoms with Crippen molar-refractivity contribution in [2.75, 3.05) is 0 Å². The van der Waals surface area contributed by atoms with E-state index in [0.717, 1.165) is 5.92 Å². The Morgan fingerprint density at radius 3 is 1.65 bits per heavy atom. The van der Waals surface area contributed by atoms with Gasteiger partial charge in [-0.25, -0.2) is 0 Å². The van der Waals surface area contributed by atoms with E-state index >= 15 is 0 Å². The molecule has 0 nitrogen and oxygen atoms in total. The van der Waals surface area contributed by atoms with E-state index in [2.05, 4.69) is 76.3 Å². The first-order valence-electron chi connectivity index (χ1n) is 6.51. The SMILES string of the molecule is CC(C)C1C=CC=C1.CC(C)c1ccccc1. The normalized spacial score (nSPS) is 14.2. The second kappa shape index (κ2) is 7.11. The molecule has 0 bridgehead atoms. The number of hydrogen-bond donors (Lipinski definition) is 0. The summed E-state index contributed by atoms with van der Waals surface area (Å²) < 4.78 is 0. The zero-order valence-electron chi connectivity index (χ0n) is 11.4. The minimum Gasteiger partial charge on any atom is -0.0774 e. The summed E-state index contributed by atoms with van der Waals surface area (Å²) >= 11 is 0. The lowest BCUT2D eigenvalue weighted by molar-refractivity contribution is 0.555. The smallest absolute Gasteiger partial charge is 0.00242 e. The summed E-state index contributed by atoms with van der Waals surface area (Å²) in [5.74, 6) is 2.13. The molecule has 92 valence electrons. The van der Waals surface area contributed by atoms with Gasteiger partial charge in [0.25, 0.3) is 0 Å². The highest BCUT2D eigenvalue weighted by Gasteiger charge is 2.06. The van der Waals surface area contributed by atoms with E-state index in [9.17, 15) is 0 Å². The Hall–Kier alpha value is -1.30. The third-order valence-electron chi connectivity index (χ3n) is 3.01. The fraction of sp³-hybridized carbons (Fsp3) is 0.412. The molecule has 1 aromatic carbocycles. The third kappa shape index (κ3) is 5.04. The molecular weight excluding hydrogens is 204 g/mol. The van der Waals surface area contributed by atoms with Gasteiger partial charge in [-0.3, -0.25) is 0 Å². The molecule has 0 fully saturated rings. The fourth-order valence-electron chi connectivity index (χ4n) is 1.73. The predicted octanol–water partition coefficient (Wildman–Crippen LogP) is 5.19. The standard InChI is InChI=1S/C9H12.C8H12/c1-8(2)9-6-4-3-5-7-9;1-7(2)8-5-3-4-6-8/h3-8H,1-2H3;3-8H,1-2H3. The van der Waals surface area contributed by atoms with Crippen LogP contribution in [0.15, 0.2) is 54.6 Å². The average molecular weight is 228 g/mol. The first-order valence-corrected chi connectivity index (χ1v) is 6.51. The Morgan fingerprint density at radius 2 is 1.35 bits per heavy atom. The van der Waals surface area contributed by atoms with Crippen molar-refractivity contribution < 1.29 is 0 Å². The largest absolute Gasteiger partial charge is 0.0774 e. The van der Waals surface area contributed by atoms with Crippen LogP contribution >= 0.6 is 0 Å². The van der Waals surface area contributed by atoms with Gasteiger partial charge < -0.3 is 0 Å². The first kappa shape index (κ1) is 13.8. The molecule has 0 spiro atoms. The Bertz CT molecular complexity index is 343. The van der Waals surface area contributed by atoms with Gasteiger partial charge >= 0.3 is 0 Å². The van der Waals surface area contributed by atoms with Gasteiger partial charge in [-0.2, -0.15) is 0 Å². The van der Waals surface area contributed by atoms with Crippen molar-refractivity contribution in [3.63, 3.8) is 0 Å². The minimum atomic E-state index is 0.659. The molecule has 0 aromatic heterocycles. The van der Waals surface area contributed by atoms with Crippen LogP contribution in [0.2, 0.25) is 0 Å². The Kier molecular flexibility index (Phi) is 5.76. The van der Waals surface area contributed by atoms with E-state index in [-0.39, 0.29) is 0 Å². The highest BCUT2D eigenvalue weighted by molar-refractivity contribution is 5.18. The molecular formula is C17H24. The van der Waals surface area contributed by atoms with Crippen LogP contribution in [0.4, 0.5) is 0 Å². The van der Waals surface area contributed by atoms with Gasteiger partial charge in [0.1, 0.15) is 0 Å². The maximum absolute atomic E-state index is 2.24. The van der Waals surface area contributed by atoms with Crippen molar-refractivity contribution in [1.29, 1.82) is 0 Å². The topological polar surface area (TPSA) is 0 Å². The summed E-state index contributed by atoms with van der Waals surface area (Å²) in [6.45, 7) is 8.89. The summed E-state index contributed by atoms with van der Waals surface area (Å²) in [6, 6.07) is 10.5. The number of allylic oxidation sites excluding steroid dienone is 4. The molecule has 1 aliphatic carbocycles. The van der Waals surface area contributed by atoms with Gasteiger partial charge in [0.2, 0.25) is 0 Å². The maximum Gasteiger partial charge on any atom is -0.00242 e. The minimum absolute atomic E-state index is 0.659. The van der Waals surface area contributed by atoms with E-state index in [4.69, 9.17) is 0 Å². The summed E-state index contributed by atoms with van der Waals surface area (Å²) in [4.78, 5) is 0. The molecule has 0 amide bonds. The zero-order chi connectivity index (χ0) is 12.7. The van der Waals surface area contributed by atoms with Crippen LogP contribution in [-0.2, 0) is 0 Å². The van der Waals surface area contributed by atoms with Crippen LogP contribution in [0.25, 0.3) is 0 Å². The van der Waals surface area contributed by atoms with Gasteiger partial charge in [-0.05, 0) is 23.3 Å². The van der Waals surface area contributed by atoms with E-state index in [0.29, 0.717) is 11.8 Å². The van der Waals surface area contributed by atoms with E-state index in [1.54, 1.807) is 0 Å². The van der Waals surface area contributed by atoms with Crippen molar-refractivity contribution >= 4 is 0 Å². The molecule has 0 heteroatoms. The van der Waals surface area contributed by atoms with Crippen molar-refractivity contribution in [3.8, 4) is 0 Å². The van der Waals surface area contributed by atoms with Crippen molar-refractivity contribution in [2.45, 2.75) is 33.6 Å². The fourth-order valence-corrected chi connectivity index (χ4v) is 1.73. The van der Waals surface area contributed by atoms with Crippen molar-refractivity contribution in [1.82, 2.24) is 0 Å². The highest BCUT2D eigenvalue weighted by Crippen LogP contribution is 2.17. The van der Waals surface area contributed by atoms with Crippen LogP contribution in [-0.4, -0.2) is 0 Å². The van der Waals surface area contributed by atoms with Crippen LogP contribution < -0.4 is 0 Å². The van der Waals surface area contributed by atoms with E-state index < -0.39 is 0 Å². The molecule has 0 atom stereocenters. The monoisotopic (exact) mass is 228 g/mol. The molecule has 0 unspecified atom stereocenters. The molecule has 1 aliphatic rings. The van der Waals surface area contributed by atoms with Gasteiger partial charge in [0.15, 0.2) is 0 Å². The molecule has 0 heterocycles. The molecule has 0 aliphatic heterocycles. The second-order valence-corrected chi connectivity index (χ2v) is 5.16. The quantitative estimate of drug-likeness (QED) is 0.653. The van der Waals surface area contributed by atoms with E-state index in [1.165, 1.54) is 5.56 Å². The number of hydrogen-bond acceptors (Lipinski definition) is 0. The predicted molar refractivity (Wildman–Crippen MR) is 77.1 cm³/mol. The molecule has 17 heavy (non-hydrogen) atoms. The lowest BCUT2D eigenvalue weighted by atomic mass is 9.98. The van der Waals surface area contributed by atoms with Crippen LogP contribution in [0.1, 0.15) is 39.2 Å².